The third-order valence-electron chi connectivity index (χ3n) is 3.88. The maximum atomic E-state index is 11.7. The second-order valence-electron chi connectivity index (χ2n) is 5.40. The summed E-state index contributed by atoms with van der Waals surface area (Å²) in [6.45, 7) is 6.00. The fraction of sp³-hybridized carbons (Fsp3) is 0.562. The first kappa shape index (κ1) is 16.3. The molecule has 1 fully saturated rings. The quantitative estimate of drug-likeness (QED) is 0.895. The zero-order valence-electron chi connectivity index (χ0n) is 12.6. The van der Waals surface area contributed by atoms with Crippen LogP contribution in [0.5, 0.6) is 0 Å². The Morgan fingerprint density at radius 3 is 2.57 bits per heavy atom. The van der Waals surface area contributed by atoms with Crippen LogP contribution in [-0.4, -0.2) is 36.7 Å². The van der Waals surface area contributed by atoms with Crippen molar-refractivity contribution in [1.29, 1.82) is 0 Å². The highest BCUT2D eigenvalue weighted by Gasteiger charge is 2.24. The van der Waals surface area contributed by atoms with Crippen LogP contribution in [0.3, 0.4) is 0 Å². The number of rotatable bonds is 4. The number of halogens is 1. The topological polar surface area (TPSA) is 41.6 Å². The number of nitrogens with zero attached hydrogens (tertiary/aromatic N) is 1. The summed E-state index contributed by atoms with van der Waals surface area (Å²) in [5.74, 6) is 0. The highest BCUT2D eigenvalue weighted by atomic mass is 79.9. The van der Waals surface area contributed by atoms with E-state index in [-0.39, 0.29) is 6.09 Å². The second-order valence-corrected chi connectivity index (χ2v) is 6.32. The minimum Gasteiger partial charge on any atom is -0.450 e. The third kappa shape index (κ3) is 4.71. The molecule has 0 aromatic heterocycles. The average molecular weight is 355 g/mol. The first-order valence-corrected chi connectivity index (χ1v) is 8.32. The molecular formula is C16H23BrN2O2. The van der Waals surface area contributed by atoms with Gasteiger partial charge in [-0.25, -0.2) is 4.79 Å². The number of nitrogens with one attached hydrogen (secondary N) is 1. The molecule has 1 saturated heterocycles. The lowest BCUT2D eigenvalue weighted by Gasteiger charge is -2.33. The summed E-state index contributed by atoms with van der Waals surface area (Å²) in [7, 11) is 0. The lowest BCUT2D eigenvalue weighted by atomic mass is 10.0. The van der Waals surface area contributed by atoms with Crippen LogP contribution in [0.4, 0.5) is 4.79 Å². The number of carbonyl (C=O) groups excluding carboxylic acids is 1. The molecular weight excluding hydrogens is 332 g/mol. The molecule has 0 unspecified atom stereocenters. The SMILES string of the molecule is CCOC(=O)N1CCC(N[C@@H](C)c2ccc(Br)cc2)CC1. The molecule has 1 amide bonds. The second kappa shape index (κ2) is 7.80. The summed E-state index contributed by atoms with van der Waals surface area (Å²) in [5.41, 5.74) is 1.28. The molecule has 1 aromatic rings. The Bertz CT molecular complexity index is 456. The van der Waals surface area contributed by atoms with Crippen molar-refractivity contribution in [2.75, 3.05) is 19.7 Å². The third-order valence-corrected chi connectivity index (χ3v) is 4.41. The molecule has 1 heterocycles. The van der Waals surface area contributed by atoms with Gasteiger partial charge < -0.3 is 15.0 Å². The summed E-state index contributed by atoms with van der Waals surface area (Å²) in [6, 6.07) is 9.17. The fourth-order valence-electron chi connectivity index (χ4n) is 2.64. The first-order valence-electron chi connectivity index (χ1n) is 7.53. The van der Waals surface area contributed by atoms with Crippen LogP contribution in [0, 0.1) is 0 Å². The van der Waals surface area contributed by atoms with Gasteiger partial charge in [-0.3, -0.25) is 0 Å². The van der Waals surface area contributed by atoms with Gasteiger partial charge in [0.2, 0.25) is 0 Å². The Morgan fingerprint density at radius 2 is 2.00 bits per heavy atom. The minimum absolute atomic E-state index is 0.183. The minimum atomic E-state index is -0.183. The van der Waals surface area contributed by atoms with E-state index in [1.54, 1.807) is 4.90 Å². The molecule has 1 N–H and O–H groups in total. The van der Waals surface area contributed by atoms with Crippen LogP contribution in [-0.2, 0) is 4.74 Å². The van der Waals surface area contributed by atoms with Crippen molar-refractivity contribution in [3.63, 3.8) is 0 Å². The predicted molar refractivity (Wildman–Crippen MR) is 87.3 cm³/mol. The molecule has 5 heteroatoms. The van der Waals surface area contributed by atoms with Crippen LogP contribution < -0.4 is 5.32 Å². The fourth-order valence-corrected chi connectivity index (χ4v) is 2.91. The molecule has 0 saturated carbocycles. The van der Waals surface area contributed by atoms with Gasteiger partial charge in [-0.2, -0.15) is 0 Å². The summed E-state index contributed by atoms with van der Waals surface area (Å²) >= 11 is 3.46. The van der Waals surface area contributed by atoms with Crippen LogP contribution in [0.15, 0.2) is 28.7 Å². The van der Waals surface area contributed by atoms with E-state index >= 15 is 0 Å². The molecule has 2 rings (SSSR count). The van der Waals surface area contributed by atoms with Gasteiger partial charge in [0.25, 0.3) is 0 Å². The number of benzene rings is 1. The Kier molecular flexibility index (Phi) is 6.06. The van der Waals surface area contributed by atoms with Crippen molar-refractivity contribution in [2.24, 2.45) is 0 Å². The van der Waals surface area contributed by atoms with E-state index in [0.29, 0.717) is 18.7 Å². The van der Waals surface area contributed by atoms with Crippen molar-refractivity contribution in [3.8, 4) is 0 Å². The van der Waals surface area contributed by atoms with Crippen molar-refractivity contribution in [2.45, 2.75) is 38.8 Å². The molecule has 1 aliphatic heterocycles. The summed E-state index contributed by atoms with van der Waals surface area (Å²) in [6.07, 6.45) is 1.76. The van der Waals surface area contributed by atoms with Gasteiger partial charge in [0.1, 0.15) is 0 Å². The molecule has 0 spiro atoms. The molecule has 0 aliphatic carbocycles. The molecule has 1 atom stereocenters. The van der Waals surface area contributed by atoms with E-state index in [9.17, 15) is 4.79 Å². The molecule has 0 radical (unpaired) electrons. The highest BCUT2D eigenvalue weighted by molar-refractivity contribution is 9.10. The van der Waals surface area contributed by atoms with Gasteiger partial charge in [-0.1, -0.05) is 28.1 Å². The van der Waals surface area contributed by atoms with Crippen LogP contribution in [0.2, 0.25) is 0 Å². The Morgan fingerprint density at radius 1 is 1.38 bits per heavy atom. The van der Waals surface area contributed by atoms with Gasteiger partial charge >= 0.3 is 6.09 Å². The van der Waals surface area contributed by atoms with Crippen LogP contribution in [0.1, 0.15) is 38.3 Å². The smallest absolute Gasteiger partial charge is 0.409 e. The van der Waals surface area contributed by atoms with Crippen molar-refractivity contribution in [3.05, 3.63) is 34.3 Å². The average Bonchev–Trinajstić information content (AvgIpc) is 2.49. The van der Waals surface area contributed by atoms with E-state index in [2.05, 4.69) is 52.4 Å². The summed E-state index contributed by atoms with van der Waals surface area (Å²) in [5, 5.41) is 3.65. The Labute approximate surface area is 135 Å². The van der Waals surface area contributed by atoms with E-state index < -0.39 is 0 Å². The maximum Gasteiger partial charge on any atom is 0.409 e. The summed E-state index contributed by atoms with van der Waals surface area (Å²) in [4.78, 5) is 13.5. The van der Waals surface area contributed by atoms with Crippen molar-refractivity contribution >= 4 is 22.0 Å². The molecule has 4 nitrogen and oxygen atoms in total. The van der Waals surface area contributed by atoms with Gasteiger partial charge in [0, 0.05) is 29.6 Å². The van der Waals surface area contributed by atoms with E-state index in [1.807, 2.05) is 6.92 Å². The Balaban J connectivity index is 1.80. The normalized spacial score (nSPS) is 17.6. The lowest BCUT2D eigenvalue weighted by Crippen LogP contribution is -2.45. The van der Waals surface area contributed by atoms with E-state index in [4.69, 9.17) is 4.74 Å². The molecule has 21 heavy (non-hydrogen) atoms. The number of ether oxygens (including phenoxy) is 1. The van der Waals surface area contributed by atoms with Crippen LogP contribution in [0.25, 0.3) is 0 Å². The predicted octanol–water partition coefficient (Wildman–Crippen LogP) is 3.72. The number of amides is 1. The Hall–Kier alpha value is -1.07. The van der Waals surface area contributed by atoms with Gasteiger partial charge in [0.15, 0.2) is 0 Å². The molecule has 0 bridgehead atoms. The van der Waals surface area contributed by atoms with Crippen molar-refractivity contribution < 1.29 is 9.53 Å². The number of piperidine rings is 1. The van der Waals surface area contributed by atoms with Gasteiger partial charge in [-0.15, -0.1) is 0 Å². The molecule has 1 aromatic carbocycles. The number of carbonyl (C=O) groups is 1. The van der Waals surface area contributed by atoms with Gasteiger partial charge in [0.05, 0.1) is 6.61 Å². The zero-order chi connectivity index (χ0) is 15.2. The maximum absolute atomic E-state index is 11.7. The van der Waals surface area contributed by atoms with E-state index in [0.717, 1.165) is 30.4 Å². The lowest BCUT2D eigenvalue weighted by molar-refractivity contribution is 0.0944. The standard InChI is InChI=1S/C16H23BrN2O2/c1-3-21-16(20)19-10-8-15(9-11-19)18-12(2)13-4-6-14(17)7-5-13/h4-7,12,15,18H,3,8-11H2,1-2H3/t12-/m0/s1. The van der Waals surface area contributed by atoms with Crippen molar-refractivity contribution in [1.82, 2.24) is 10.2 Å². The number of hydrogen-bond donors (Lipinski definition) is 1. The van der Waals surface area contributed by atoms with Crippen LogP contribution >= 0.6 is 15.9 Å². The summed E-state index contributed by atoms with van der Waals surface area (Å²) < 4.78 is 6.14. The number of likely N-dealkylation sites (tertiary alicyclic amines) is 1. The molecule has 116 valence electrons. The monoisotopic (exact) mass is 354 g/mol. The zero-order valence-corrected chi connectivity index (χ0v) is 14.2. The van der Waals surface area contributed by atoms with Gasteiger partial charge in [-0.05, 0) is 44.4 Å². The largest absolute Gasteiger partial charge is 0.450 e. The highest BCUT2D eigenvalue weighted by Crippen LogP contribution is 2.19. The number of hydrogen-bond acceptors (Lipinski definition) is 3. The molecule has 1 aliphatic rings. The first-order chi connectivity index (χ1) is 10.1. The van der Waals surface area contributed by atoms with E-state index in [1.165, 1.54) is 5.56 Å².